The number of aryl methyl sites for hydroxylation is 2. The summed E-state index contributed by atoms with van der Waals surface area (Å²) < 4.78 is 3.83. The highest BCUT2D eigenvalue weighted by Crippen LogP contribution is 2.26. The summed E-state index contributed by atoms with van der Waals surface area (Å²) in [6.07, 6.45) is 0. The molecule has 0 aliphatic rings. The minimum absolute atomic E-state index is 0.496. The Morgan fingerprint density at radius 1 is 1.17 bits per heavy atom. The Bertz CT molecular complexity index is 735. The Morgan fingerprint density at radius 2 is 1.89 bits per heavy atom. The average Bonchev–Trinajstić information content (AvgIpc) is 2.77. The predicted octanol–water partition coefficient (Wildman–Crippen LogP) is 1.96. The molecular weight excluding hydrogens is 226 g/mol. The lowest BCUT2D eigenvalue weighted by Gasteiger charge is -2.06. The Labute approximate surface area is 105 Å². The second-order valence-electron chi connectivity index (χ2n) is 4.44. The number of aromatic nitrogens is 4. The van der Waals surface area contributed by atoms with Crippen LogP contribution in [-0.2, 0) is 7.05 Å². The van der Waals surface area contributed by atoms with Crippen LogP contribution in [0.3, 0.4) is 0 Å². The summed E-state index contributed by atoms with van der Waals surface area (Å²) in [5.41, 5.74) is 11.0. The fourth-order valence-corrected chi connectivity index (χ4v) is 2.37. The first-order valence-electron chi connectivity index (χ1n) is 5.83. The van der Waals surface area contributed by atoms with E-state index >= 15 is 0 Å². The van der Waals surface area contributed by atoms with Crippen molar-refractivity contribution >= 4 is 17.0 Å². The number of nitrogen functional groups attached to an aromatic ring is 1. The number of imidazole rings is 1. The minimum Gasteiger partial charge on any atom is -0.369 e. The lowest BCUT2D eigenvalue weighted by molar-refractivity contribution is 0.730. The summed E-state index contributed by atoms with van der Waals surface area (Å²) in [5, 5.41) is 4.43. The summed E-state index contributed by atoms with van der Waals surface area (Å²) in [6.45, 7) is 4.01. The maximum absolute atomic E-state index is 6.05. The number of nitrogens with zero attached hydrogens (tertiary/aromatic N) is 4. The van der Waals surface area contributed by atoms with Crippen LogP contribution in [0.1, 0.15) is 11.4 Å². The first-order valence-corrected chi connectivity index (χ1v) is 5.83. The molecule has 3 aromatic rings. The number of rotatable bonds is 1. The molecule has 3 rings (SSSR count). The molecule has 0 spiro atoms. The van der Waals surface area contributed by atoms with Crippen LogP contribution in [0.2, 0.25) is 0 Å². The highest BCUT2D eigenvalue weighted by molar-refractivity contribution is 5.81. The van der Waals surface area contributed by atoms with Crippen LogP contribution in [0.15, 0.2) is 24.3 Å². The van der Waals surface area contributed by atoms with Crippen molar-refractivity contribution in [2.45, 2.75) is 13.8 Å². The molecule has 5 heteroatoms. The van der Waals surface area contributed by atoms with Gasteiger partial charge in [0.05, 0.1) is 28.1 Å². The molecule has 0 aliphatic heterocycles. The highest BCUT2D eigenvalue weighted by Gasteiger charge is 2.16. The molecule has 1 aromatic carbocycles. The van der Waals surface area contributed by atoms with Gasteiger partial charge in [0.15, 0.2) is 0 Å². The molecule has 0 aliphatic carbocycles. The smallest absolute Gasteiger partial charge is 0.206 e. The van der Waals surface area contributed by atoms with E-state index in [1.807, 2.05) is 54.4 Å². The molecule has 0 saturated heterocycles. The van der Waals surface area contributed by atoms with Gasteiger partial charge in [-0.15, -0.1) is 0 Å². The van der Waals surface area contributed by atoms with E-state index in [1.165, 1.54) is 0 Å². The van der Waals surface area contributed by atoms with Gasteiger partial charge in [0.25, 0.3) is 0 Å². The van der Waals surface area contributed by atoms with Crippen molar-refractivity contribution in [3.8, 4) is 5.69 Å². The third-order valence-electron chi connectivity index (χ3n) is 3.28. The van der Waals surface area contributed by atoms with Gasteiger partial charge in [-0.25, -0.2) is 4.98 Å². The number of anilines is 1. The zero-order chi connectivity index (χ0) is 12.9. The lowest BCUT2D eigenvalue weighted by atomic mass is 10.2. The van der Waals surface area contributed by atoms with Crippen molar-refractivity contribution in [1.29, 1.82) is 0 Å². The number of hydrogen-bond donors (Lipinski definition) is 1. The quantitative estimate of drug-likeness (QED) is 0.708. The zero-order valence-electron chi connectivity index (χ0n) is 10.7. The SMILES string of the molecule is Cc1nn(C)c(C)c1-n1c(N)nc2ccccc21. The molecule has 0 radical (unpaired) electrons. The summed E-state index contributed by atoms with van der Waals surface area (Å²) in [4.78, 5) is 4.38. The molecule has 0 bridgehead atoms. The predicted molar refractivity (Wildman–Crippen MR) is 71.7 cm³/mol. The second kappa shape index (κ2) is 3.60. The fourth-order valence-electron chi connectivity index (χ4n) is 2.37. The third-order valence-corrected chi connectivity index (χ3v) is 3.28. The molecule has 0 atom stereocenters. The van der Waals surface area contributed by atoms with Crippen LogP contribution in [0.5, 0.6) is 0 Å². The van der Waals surface area contributed by atoms with E-state index < -0.39 is 0 Å². The van der Waals surface area contributed by atoms with Crippen molar-refractivity contribution in [1.82, 2.24) is 19.3 Å². The molecule has 2 heterocycles. The number of nitrogens with two attached hydrogens (primary N) is 1. The van der Waals surface area contributed by atoms with Crippen LogP contribution >= 0.6 is 0 Å². The molecule has 2 aromatic heterocycles. The Balaban J connectivity index is 2.41. The first kappa shape index (κ1) is 10.8. The summed E-state index contributed by atoms with van der Waals surface area (Å²) in [7, 11) is 1.93. The van der Waals surface area contributed by atoms with E-state index in [-0.39, 0.29) is 0 Å². The van der Waals surface area contributed by atoms with E-state index in [0.29, 0.717) is 5.95 Å². The number of benzene rings is 1. The molecule has 0 saturated carbocycles. The summed E-state index contributed by atoms with van der Waals surface area (Å²) >= 11 is 0. The van der Waals surface area contributed by atoms with Gasteiger partial charge >= 0.3 is 0 Å². The summed E-state index contributed by atoms with van der Waals surface area (Å²) in [6, 6.07) is 7.93. The van der Waals surface area contributed by atoms with Gasteiger partial charge in [0, 0.05) is 7.05 Å². The molecular formula is C13H15N5. The Hall–Kier alpha value is -2.30. The van der Waals surface area contributed by atoms with Crippen LogP contribution in [0.25, 0.3) is 16.7 Å². The van der Waals surface area contributed by atoms with Crippen molar-refractivity contribution < 1.29 is 0 Å². The molecule has 5 nitrogen and oxygen atoms in total. The average molecular weight is 241 g/mol. The standard InChI is InChI=1S/C13H15N5/c1-8-12(9(2)17(3)16-8)18-11-7-5-4-6-10(11)15-13(18)14/h4-7H,1-3H3,(H2,14,15). The largest absolute Gasteiger partial charge is 0.369 e. The molecule has 0 amide bonds. The molecule has 92 valence electrons. The minimum atomic E-state index is 0.496. The topological polar surface area (TPSA) is 61.7 Å². The third kappa shape index (κ3) is 1.33. The van der Waals surface area contributed by atoms with Gasteiger partial charge in [-0.05, 0) is 26.0 Å². The van der Waals surface area contributed by atoms with Crippen molar-refractivity contribution in [2.75, 3.05) is 5.73 Å². The van der Waals surface area contributed by atoms with E-state index in [9.17, 15) is 0 Å². The fraction of sp³-hybridized carbons (Fsp3) is 0.231. The van der Waals surface area contributed by atoms with Crippen LogP contribution in [0.4, 0.5) is 5.95 Å². The number of hydrogen-bond acceptors (Lipinski definition) is 3. The van der Waals surface area contributed by atoms with E-state index in [4.69, 9.17) is 5.73 Å². The number of fused-ring (bicyclic) bond motifs is 1. The van der Waals surface area contributed by atoms with Crippen LogP contribution in [-0.4, -0.2) is 19.3 Å². The van der Waals surface area contributed by atoms with Crippen molar-refractivity contribution in [2.24, 2.45) is 7.05 Å². The molecule has 18 heavy (non-hydrogen) atoms. The van der Waals surface area contributed by atoms with Gasteiger partial charge in [0.1, 0.15) is 0 Å². The Kier molecular flexibility index (Phi) is 2.16. The van der Waals surface area contributed by atoms with Gasteiger partial charge in [-0.2, -0.15) is 5.10 Å². The van der Waals surface area contributed by atoms with Crippen LogP contribution in [0, 0.1) is 13.8 Å². The zero-order valence-corrected chi connectivity index (χ0v) is 10.7. The highest BCUT2D eigenvalue weighted by atomic mass is 15.3. The van der Waals surface area contributed by atoms with E-state index in [2.05, 4.69) is 10.1 Å². The Morgan fingerprint density at radius 3 is 2.56 bits per heavy atom. The van der Waals surface area contributed by atoms with E-state index in [0.717, 1.165) is 28.1 Å². The van der Waals surface area contributed by atoms with Gasteiger partial charge in [-0.3, -0.25) is 9.25 Å². The monoisotopic (exact) mass is 241 g/mol. The molecule has 0 fully saturated rings. The normalized spacial score (nSPS) is 11.3. The van der Waals surface area contributed by atoms with Crippen LogP contribution < -0.4 is 5.73 Å². The molecule has 0 unspecified atom stereocenters. The lowest BCUT2D eigenvalue weighted by Crippen LogP contribution is -2.03. The first-order chi connectivity index (χ1) is 8.59. The van der Waals surface area contributed by atoms with Crippen molar-refractivity contribution in [3.63, 3.8) is 0 Å². The molecule has 2 N–H and O–H groups in total. The summed E-state index contributed by atoms with van der Waals surface area (Å²) in [5.74, 6) is 0.496. The maximum atomic E-state index is 6.05. The van der Waals surface area contributed by atoms with E-state index in [1.54, 1.807) is 0 Å². The maximum Gasteiger partial charge on any atom is 0.206 e. The van der Waals surface area contributed by atoms with Crippen molar-refractivity contribution in [3.05, 3.63) is 35.7 Å². The van der Waals surface area contributed by atoms with Gasteiger partial charge in [-0.1, -0.05) is 12.1 Å². The second-order valence-corrected chi connectivity index (χ2v) is 4.44. The van der Waals surface area contributed by atoms with Gasteiger partial charge in [0.2, 0.25) is 5.95 Å². The number of para-hydroxylation sites is 2. The van der Waals surface area contributed by atoms with Gasteiger partial charge < -0.3 is 5.73 Å².